The highest BCUT2D eigenvalue weighted by molar-refractivity contribution is 7.98. The minimum atomic E-state index is -1.23. The molecule has 0 saturated carbocycles. The average Bonchev–Trinajstić information content (AvgIpc) is 2.70. The van der Waals surface area contributed by atoms with E-state index in [-0.39, 0.29) is 25.0 Å². The Balaban J connectivity index is 5.47. The minimum absolute atomic E-state index is 0.0815. The first-order valence-electron chi connectivity index (χ1n) is 9.72. The van der Waals surface area contributed by atoms with Gasteiger partial charge in [-0.1, -0.05) is 13.8 Å². The zero-order valence-corrected chi connectivity index (χ0v) is 19.6. The number of nitrogens with one attached hydrogen (secondary N) is 3. The number of carbonyl (C=O) groups is 5. The molecule has 0 aromatic heterocycles. The van der Waals surface area contributed by atoms with Gasteiger partial charge in [0.15, 0.2) is 0 Å². The number of carbonyl (C=O) groups excluding carboxylic acids is 4. The third kappa shape index (κ3) is 11.3. The van der Waals surface area contributed by atoms with E-state index in [1.54, 1.807) is 13.8 Å². The second-order valence-electron chi connectivity index (χ2n) is 7.27. The molecule has 0 aromatic rings. The monoisotopic (exact) mass is 479 g/mol. The van der Waals surface area contributed by atoms with Gasteiger partial charge in [0.25, 0.3) is 0 Å². The lowest BCUT2D eigenvalue weighted by molar-refractivity contribution is -0.143. The minimum Gasteiger partial charge on any atom is -0.480 e. The lowest BCUT2D eigenvalue weighted by Crippen LogP contribution is -2.58. The van der Waals surface area contributed by atoms with Crippen LogP contribution in [0, 0.1) is 5.92 Å². The van der Waals surface area contributed by atoms with Crippen LogP contribution in [0.15, 0.2) is 0 Å². The Morgan fingerprint density at radius 1 is 0.968 bits per heavy atom. The molecule has 4 amide bonds. The van der Waals surface area contributed by atoms with Crippen molar-refractivity contribution >= 4 is 54.0 Å². The molecule has 0 aliphatic carbocycles. The van der Waals surface area contributed by atoms with Crippen molar-refractivity contribution in [2.75, 3.05) is 17.8 Å². The van der Waals surface area contributed by atoms with Crippen LogP contribution in [0.3, 0.4) is 0 Å². The topological polar surface area (TPSA) is 194 Å². The summed E-state index contributed by atoms with van der Waals surface area (Å²) in [5.41, 5.74) is 10.8. The van der Waals surface area contributed by atoms with E-state index < -0.39 is 59.7 Å². The van der Waals surface area contributed by atoms with Crippen molar-refractivity contribution in [2.24, 2.45) is 17.4 Å². The summed E-state index contributed by atoms with van der Waals surface area (Å²) < 4.78 is 0. The van der Waals surface area contributed by atoms with E-state index in [1.165, 1.54) is 11.8 Å². The van der Waals surface area contributed by atoms with E-state index in [2.05, 4.69) is 28.6 Å². The number of aliphatic carboxylic acids is 1. The molecule has 0 saturated heterocycles. The SMILES string of the molecule is CSCCC(NC(=O)C(N)CS)C(=O)NC(CCC(N)=O)C(=O)NC(C(=O)O)C(C)C. The van der Waals surface area contributed by atoms with E-state index in [4.69, 9.17) is 11.5 Å². The molecule has 8 N–H and O–H groups in total. The van der Waals surface area contributed by atoms with Crippen LogP contribution in [-0.4, -0.2) is 76.6 Å². The molecule has 0 spiro atoms. The zero-order valence-electron chi connectivity index (χ0n) is 17.9. The fourth-order valence-electron chi connectivity index (χ4n) is 2.46. The van der Waals surface area contributed by atoms with Crippen molar-refractivity contribution in [3.8, 4) is 0 Å². The van der Waals surface area contributed by atoms with Crippen LogP contribution in [0.5, 0.6) is 0 Å². The molecule has 0 aliphatic rings. The van der Waals surface area contributed by atoms with Crippen LogP contribution >= 0.6 is 24.4 Å². The molecule has 4 atom stereocenters. The van der Waals surface area contributed by atoms with Crippen molar-refractivity contribution in [1.29, 1.82) is 0 Å². The highest BCUT2D eigenvalue weighted by atomic mass is 32.2. The van der Waals surface area contributed by atoms with E-state index in [1.807, 2.05) is 6.26 Å². The number of nitrogens with two attached hydrogens (primary N) is 2. The lowest BCUT2D eigenvalue weighted by atomic mass is 10.0. The fourth-order valence-corrected chi connectivity index (χ4v) is 3.10. The molecule has 178 valence electrons. The number of thiol groups is 1. The van der Waals surface area contributed by atoms with Crippen molar-refractivity contribution in [3.63, 3.8) is 0 Å². The quantitative estimate of drug-likeness (QED) is 0.137. The van der Waals surface area contributed by atoms with Gasteiger partial charge in [0, 0.05) is 12.2 Å². The molecule has 0 aliphatic heterocycles. The number of hydrogen-bond donors (Lipinski definition) is 7. The fraction of sp³-hybridized carbons (Fsp3) is 0.722. The Morgan fingerprint density at radius 3 is 1.94 bits per heavy atom. The molecular weight excluding hydrogens is 446 g/mol. The third-order valence-electron chi connectivity index (χ3n) is 4.32. The maximum Gasteiger partial charge on any atom is 0.326 e. The molecule has 13 heteroatoms. The summed E-state index contributed by atoms with van der Waals surface area (Å²) in [6.45, 7) is 3.24. The Kier molecular flexibility index (Phi) is 14.0. The molecular formula is C18H33N5O6S2. The normalized spacial score (nSPS) is 14.8. The summed E-state index contributed by atoms with van der Waals surface area (Å²) in [7, 11) is 0. The number of primary amides is 1. The van der Waals surface area contributed by atoms with Crippen molar-refractivity contribution in [2.45, 2.75) is 57.3 Å². The first-order chi connectivity index (χ1) is 14.4. The van der Waals surface area contributed by atoms with Gasteiger partial charge < -0.3 is 32.5 Å². The Labute approximate surface area is 191 Å². The van der Waals surface area contributed by atoms with E-state index in [0.29, 0.717) is 5.75 Å². The standard InChI is InChI=1S/C18H33N5O6S2/c1-9(2)14(18(28)29)23-17(27)11(4-5-13(20)24)22-16(26)12(6-7-31-3)21-15(25)10(19)8-30/h9-12,14,30H,4-8,19H2,1-3H3,(H2,20,24)(H,21,25)(H,22,26)(H,23,27)(H,28,29). The highest BCUT2D eigenvalue weighted by Gasteiger charge is 2.31. The van der Waals surface area contributed by atoms with Gasteiger partial charge in [0.05, 0.1) is 6.04 Å². The molecule has 0 bridgehead atoms. The van der Waals surface area contributed by atoms with Gasteiger partial charge in [0.1, 0.15) is 18.1 Å². The Bertz CT molecular complexity index is 649. The van der Waals surface area contributed by atoms with Gasteiger partial charge >= 0.3 is 5.97 Å². The first kappa shape index (κ1) is 29.0. The number of carboxylic acid groups (broad SMARTS) is 1. The lowest BCUT2D eigenvalue weighted by Gasteiger charge is -2.25. The first-order valence-corrected chi connectivity index (χ1v) is 11.7. The summed E-state index contributed by atoms with van der Waals surface area (Å²) in [6, 6.07) is -4.28. The van der Waals surface area contributed by atoms with Gasteiger partial charge in [-0.3, -0.25) is 19.2 Å². The van der Waals surface area contributed by atoms with Crippen molar-refractivity contribution < 1.29 is 29.1 Å². The van der Waals surface area contributed by atoms with Crippen molar-refractivity contribution in [3.05, 3.63) is 0 Å². The smallest absolute Gasteiger partial charge is 0.326 e. The molecule has 0 aromatic carbocycles. The Morgan fingerprint density at radius 2 is 1.48 bits per heavy atom. The van der Waals surface area contributed by atoms with Gasteiger partial charge in [-0.15, -0.1) is 0 Å². The summed E-state index contributed by atoms with van der Waals surface area (Å²) >= 11 is 5.42. The van der Waals surface area contributed by atoms with E-state index in [0.717, 1.165) is 0 Å². The van der Waals surface area contributed by atoms with Crippen LogP contribution < -0.4 is 27.4 Å². The van der Waals surface area contributed by atoms with Crippen LogP contribution in [0.25, 0.3) is 0 Å². The second-order valence-corrected chi connectivity index (χ2v) is 8.62. The molecule has 0 fully saturated rings. The third-order valence-corrected chi connectivity index (χ3v) is 5.36. The number of thioether (sulfide) groups is 1. The predicted molar refractivity (Wildman–Crippen MR) is 122 cm³/mol. The average molecular weight is 480 g/mol. The summed E-state index contributed by atoms with van der Waals surface area (Å²) in [6.07, 6.45) is 1.77. The number of carboxylic acids is 1. The number of hydrogen-bond acceptors (Lipinski definition) is 8. The van der Waals surface area contributed by atoms with Crippen LogP contribution in [-0.2, 0) is 24.0 Å². The summed E-state index contributed by atoms with van der Waals surface area (Å²) in [5, 5.41) is 16.7. The summed E-state index contributed by atoms with van der Waals surface area (Å²) in [4.78, 5) is 60.1. The highest BCUT2D eigenvalue weighted by Crippen LogP contribution is 2.07. The van der Waals surface area contributed by atoms with Crippen molar-refractivity contribution in [1.82, 2.24) is 16.0 Å². The maximum absolute atomic E-state index is 12.8. The molecule has 0 rings (SSSR count). The molecule has 0 heterocycles. The molecule has 11 nitrogen and oxygen atoms in total. The second kappa shape index (κ2) is 14.9. The van der Waals surface area contributed by atoms with Gasteiger partial charge in [-0.05, 0) is 30.8 Å². The number of rotatable bonds is 15. The largest absolute Gasteiger partial charge is 0.480 e. The van der Waals surface area contributed by atoms with E-state index in [9.17, 15) is 29.1 Å². The molecule has 31 heavy (non-hydrogen) atoms. The zero-order chi connectivity index (χ0) is 24.1. The predicted octanol–water partition coefficient (Wildman–Crippen LogP) is -1.54. The number of amides is 4. The van der Waals surface area contributed by atoms with Gasteiger partial charge in [0.2, 0.25) is 23.6 Å². The van der Waals surface area contributed by atoms with Crippen LogP contribution in [0.1, 0.15) is 33.1 Å². The van der Waals surface area contributed by atoms with Crippen LogP contribution in [0.4, 0.5) is 0 Å². The molecule has 4 unspecified atom stereocenters. The maximum atomic E-state index is 12.8. The van der Waals surface area contributed by atoms with Crippen LogP contribution in [0.2, 0.25) is 0 Å². The van der Waals surface area contributed by atoms with Gasteiger partial charge in [-0.25, -0.2) is 4.79 Å². The Hall–Kier alpha value is -1.99. The molecule has 0 radical (unpaired) electrons. The summed E-state index contributed by atoms with van der Waals surface area (Å²) in [5.74, 6) is -3.69. The van der Waals surface area contributed by atoms with Gasteiger partial charge in [-0.2, -0.15) is 24.4 Å². The van der Waals surface area contributed by atoms with E-state index >= 15 is 0 Å².